The van der Waals surface area contributed by atoms with E-state index in [1.807, 2.05) is 6.07 Å². The predicted molar refractivity (Wildman–Crippen MR) is 73.0 cm³/mol. The summed E-state index contributed by atoms with van der Waals surface area (Å²) >= 11 is 0. The Labute approximate surface area is 107 Å². The topological polar surface area (TPSA) is 46.5 Å². The summed E-state index contributed by atoms with van der Waals surface area (Å²) in [4.78, 5) is 0. The maximum Gasteiger partial charge on any atom is 0.264 e. The predicted octanol–water partition coefficient (Wildman–Crippen LogP) is 2.66. The molecule has 4 heteroatoms. The van der Waals surface area contributed by atoms with Crippen LogP contribution < -0.4 is 10.6 Å². The maximum atomic E-state index is 13.1. The minimum Gasteiger partial charge on any atom is -0.507 e. The Kier molecular flexibility index (Phi) is 3.85. The maximum absolute atomic E-state index is 13.1. The lowest BCUT2D eigenvalue weighted by Gasteiger charge is -2.19. The van der Waals surface area contributed by atoms with Crippen LogP contribution in [0.25, 0.3) is 0 Å². The van der Waals surface area contributed by atoms with Crippen LogP contribution in [0.15, 0.2) is 54.6 Å². The highest BCUT2D eigenvalue weighted by Gasteiger charge is 2.30. The lowest BCUT2D eigenvalue weighted by molar-refractivity contribution is 0.347. The van der Waals surface area contributed by atoms with Crippen LogP contribution in [0, 0.1) is 0 Å². The number of aromatic hydroxyl groups is 1. The average molecular weight is 262 g/mol. The second-order valence-electron chi connectivity index (χ2n) is 3.79. The zero-order valence-corrected chi connectivity index (χ0v) is 11.0. The molecule has 1 N–H and O–H groups in total. The summed E-state index contributed by atoms with van der Waals surface area (Å²) < 4.78 is 18.5. The first kappa shape index (κ1) is 12.9. The van der Waals surface area contributed by atoms with Gasteiger partial charge in [0.1, 0.15) is 5.75 Å². The monoisotopic (exact) mass is 262 g/mol. The minimum absolute atomic E-state index is 0.00173. The molecule has 2 rings (SSSR count). The van der Waals surface area contributed by atoms with Crippen molar-refractivity contribution in [3.05, 3.63) is 54.6 Å². The van der Waals surface area contributed by atoms with Crippen LogP contribution in [0.1, 0.15) is 6.92 Å². The van der Waals surface area contributed by atoms with Gasteiger partial charge in [-0.15, -0.1) is 0 Å². The molecule has 0 saturated carbocycles. The number of para-hydroxylation sites is 1. The van der Waals surface area contributed by atoms with E-state index < -0.39 is 7.37 Å². The Bertz CT molecular complexity index is 566. The molecular formula is C14H15O3P. The fourth-order valence-electron chi connectivity index (χ4n) is 1.80. The van der Waals surface area contributed by atoms with Crippen molar-refractivity contribution >= 4 is 18.0 Å². The van der Waals surface area contributed by atoms with Gasteiger partial charge in [0.2, 0.25) is 0 Å². The van der Waals surface area contributed by atoms with E-state index in [1.54, 1.807) is 49.4 Å². The first-order valence-corrected chi connectivity index (χ1v) is 7.39. The molecule has 0 aliphatic rings. The molecule has 0 bridgehead atoms. The Balaban J connectivity index is 2.59. The van der Waals surface area contributed by atoms with Gasteiger partial charge in [0, 0.05) is 5.30 Å². The van der Waals surface area contributed by atoms with Gasteiger partial charge >= 0.3 is 0 Å². The lowest BCUT2D eigenvalue weighted by Crippen LogP contribution is -2.18. The van der Waals surface area contributed by atoms with E-state index in [1.165, 1.54) is 6.07 Å². The third kappa shape index (κ3) is 2.33. The largest absolute Gasteiger partial charge is 0.507 e. The molecule has 0 amide bonds. The van der Waals surface area contributed by atoms with Gasteiger partial charge in [-0.05, 0) is 31.2 Å². The van der Waals surface area contributed by atoms with Gasteiger partial charge in [0.05, 0.1) is 11.9 Å². The molecule has 0 radical (unpaired) electrons. The van der Waals surface area contributed by atoms with Crippen LogP contribution in [-0.4, -0.2) is 11.7 Å². The minimum atomic E-state index is -3.21. The SMILES string of the molecule is CCO[P@](=O)(c1ccccc1)c1ccccc1O. The van der Waals surface area contributed by atoms with Crippen molar-refractivity contribution < 1.29 is 14.2 Å². The Morgan fingerprint density at radius 2 is 1.67 bits per heavy atom. The first-order valence-electron chi connectivity index (χ1n) is 5.77. The smallest absolute Gasteiger partial charge is 0.264 e. The summed E-state index contributed by atoms with van der Waals surface area (Å²) in [5.41, 5.74) is 0. The van der Waals surface area contributed by atoms with Crippen molar-refractivity contribution in [2.45, 2.75) is 6.92 Å². The Hall–Kier alpha value is -1.57. The number of phenolic OH excluding ortho intramolecular Hbond substituents is 1. The molecule has 18 heavy (non-hydrogen) atoms. The van der Waals surface area contributed by atoms with Gasteiger partial charge in [0.25, 0.3) is 7.37 Å². The van der Waals surface area contributed by atoms with Crippen LogP contribution in [0.2, 0.25) is 0 Å². The third-order valence-corrected chi connectivity index (χ3v) is 5.22. The Morgan fingerprint density at radius 1 is 1.06 bits per heavy atom. The van der Waals surface area contributed by atoms with Crippen molar-refractivity contribution in [1.29, 1.82) is 0 Å². The second-order valence-corrected chi connectivity index (χ2v) is 6.15. The Morgan fingerprint density at radius 3 is 2.28 bits per heavy atom. The van der Waals surface area contributed by atoms with Crippen LogP contribution in [0.3, 0.4) is 0 Å². The van der Waals surface area contributed by atoms with Gasteiger partial charge in [-0.3, -0.25) is 4.57 Å². The molecule has 0 unspecified atom stereocenters. The summed E-state index contributed by atoms with van der Waals surface area (Å²) in [7, 11) is -3.21. The van der Waals surface area contributed by atoms with E-state index in [-0.39, 0.29) is 5.75 Å². The fourth-order valence-corrected chi connectivity index (χ4v) is 3.96. The summed E-state index contributed by atoms with van der Waals surface area (Å²) in [5, 5.41) is 10.8. The summed E-state index contributed by atoms with van der Waals surface area (Å²) in [6, 6.07) is 15.6. The molecule has 0 spiro atoms. The molecule has 94 valence electrons. The van der Waals surface area contributed by atoms with Gasteiger partial charge in [-0.1, -0.05) is 30.3 Å². The van der Waals surface area contributed by atoms with Gasteiger partial charge in [-0.2, -0.15) is 0 Å². The molecule has 0 aliphatic heterocycles. The van der Waals surface area contributed by atoms with Crippen molar-refractivity contribution in [3.8, 4) is 5.75 Å². The molecule has 0 aromatic heterocycles. The van der Waals surface area contributed by atoms with Crippen molar-refractivity contribution in [2.24, 2.45) is 0 Å². The summed E-state index contributed by atoms with van der Waals surface area (Å²) in [6.07, 6.45) is 0. The van der Waals surface area contributed by atoms with Crippen LogP contribution in [-0.2, 0) is 9.09 Å². The van der Waals surface area contributed by atoms with E-state index in [0.717, 1.165) is 0 Å². The highest BCUT2D eigenvalue weighted by molar-refractivity contribution is 7.74. The molecule has 2 aromatic carbocycles. The number of rotatable bonds is 4. The molecule has 0 aliphatic carbocycles. The van der Waals surface area contributed by atoms with Crippen molar-refractivity contribution in [2.75, 3.05) is 6.61 Å². The molecule has 1 atom stereocenters. The van der Waals surface area contributed by atoms with E-state index in [9.17, 15) is 9.67 Å². The van der Waals surface area contributed by atoms with E-state index in [0.29, 0.717) is 17.2 Å². The van der Waals surface area contributed by atoms with E-state index >= 15 is 0 Å². The van der Waals surface area contributed by atoms with E-state index in [4.69, 9.17) is 4.52 Å². The summed E-state index contributed by atoms with van der Waals surface area (Å²) in [6.45, 7) is 2.11. The highest BCUT2D eigenvalue weighted by Crippen LogP contribution is 2.46. The van der Waals surface area contributed by atoms with Crippen molar-refractivity contribution in [3.63, 3.8) is 0 Å². The van der Waals surface area contributed by atoms with Crippen LogP contribution in [0.4, 0.5) is 0 Å². The number of benzene rings is 2. The highest BCUT2D eigenvalue weighted by atomic mass is 31.2. The fraction of sp³-hybridized carbons (Fsp3) is 0.143. The molecular weight excluding hydrogens is 247 g/mol. The van der Waals surface area contributed by atoms with Crippen molar-refractivity contribution in [1.82, 2.24) is 0 Å². The molecule has 3 nitrogen and oxygen atoms in total. The number of hydrogen-bond acceptors (Lipinski definition) is 3. The molecule has 0 fully saturated rings. The lowest BCUT2D eigenvalue weighted by atomic mass is 10.3. The zero-order valence-electron chi connectivity index (χ0n) is 10.1. The normalized spacial score (nSPS) is 14.1. The molecule has 0 saturated heterocycles. The number of hydrogen-bond donors (Lipinski definition) is 1. The molecule has 2 aromatic rings. The molecule has 0 heterocycles. The third-order valence-electron chi connectivity index (χ3n) is 2.61. The second kappa shape index (κ2) is 5.38. The van der Waals surface area contributed by atoms with Gasteiger partial charge < -0.3 is 9.63 Å². The number of phenols is 1. The summed E-state index contributed by atoms with van der Waals surface area (Å²) in [5.74, 6) is -0.00173. The quantitative estimate of drug-likeness (QED) is 0.862. The standard InChI is InChI=1S/C14H15O3P/c1-2-17-18(16,12-8-4-3-5-9-12)14-11-7-6-10-13(14)15/h3-11,15H,2H2,1H3/t18-/m1/s1. The van der Waals surface area contributed by atoms with Gasteiger partial charge in [0.15, 0.2) is 0 Å². The van der Waals surface area contributed by atoms with Crippen LogP contribution >= 0.6 is 7.37 Å². The van der Waals surface area contributed by atoms with Crippen LogP contribution in [0.5, 0.6) is 5.75 Å². The zero-order chi connectivity index (χ0) is 13.0. The van der Waals surface area contributed by atoms with Gasteiger partial charge in [-0.25, -0.2) is 0 Å². The average Bonchev–Trinajstić information content (AvgIpc) is 2.40. The first-order chi connectivity index (χ1) is 8.68. The van der Waals surface area contributed by atoms with E-state index in [2.05, 4.69) is 0 Å².